The SMILES string of the molecule is Cc1cc(C)cc(COC(=O)c2c(C)nn3cccnc23)c1. The van der Waals surface area contributed by atoms with Crippen molar-refractivity contribution in [1.82, 2.24) is 14.6 Å². The van der Waals surface area contributed by atoms with Crippen molar-refractivity contribution < 1.29 is 9.53 Å². The van der Waals surface area contributed by atoms with E-state index >= 15 is 0 Å². The Morgan fingerprint density at radius 2 is 1.91 bits per heavy atom. The van der Waals surface area contributed by atoms with Crippen molar-refractivity contribution in [3.8, 4) is 0 Å². The zero-order chi connectivity index (χ0) is 15.7. The quantitative estimate of drug-likeness (QED) is 0.697. The molecule has 0 saturated heterocycles. The Labute approximate surface area is 128 Å². The largest absolute Gasteiger partial charge is 0.457 e. The van der Waals surface area contributed by atoms with Gasteiger partial charge in [0.2, 0.25) is 0 Å². The lowest BCUT2D eigenvalue weighted by Crippen LogP contribution is -2.07. The van der Waals surface area contributed by atoms with Crippen LogP contribution in [-0.2, 0) is 11.3 Å². The molecule has 3 aromatic rings. The second-order valence-corrected chi connectivity index (χ2v) is 5.42. The third-order valence-electron chi connectivity index (χ3n) is 3.43. The maximum atomic E-state index is 12.4. The van der Waals surface area contributed by atoms with Crippen molar-refractivity contribution in [3.63, 3.8) is 0 Å². The highest BCUT2D eigenvalue weighted by Gasteiger charge is 2.19. The number of carbonyl (C=O) groups excluding carboxylic acids is 1. The molecule has 0 saturated carbocycles. The van der Waals surface area contributed by atoms with Crippen LogP contribution in [-0.4, -0.2) is 20.6 Å². The second kappa shape index (κ2) is 5.60. The molecule has 0 fully saturated rings. The van der Waals surface area contributed by atoms with Crippen molar-refractivity contribution in [1.29, 1.82) is 0 Å². The first kappa shape index (κ1) is 14.3. The summed E-state index contributed by atoms with van der Waals surface area (Å²) in [6, 6.07) is 7.89. The zero-order valence-corrected chi connectivity index (χ0v) is 12.8. The summed E-state index contributed by atoms with van der Waals surface area (Å²) in [6.45, 7) is 6.07. The van der Waals surface area contributed by atoms with Gasteiger partial charge in [-0.3, -0.25) is 0 Å². The van der Waals surface area contributed by atoms with E-state index in [-0.39, 0.29) is 6.61 Å². The lowest BCUT2D eigenvalue weighted by molar-refractivity contribution is 0.0474. The molecule has 22 heavy (non-hydrogen) atoms. The number of hydrogen-bond acceptors (Lipinski definition) is 4. The first-order valence-corrected chi connectivity index (χ1v) is 7.09. The minimum Gasteiger partial charge on any atom is -0.457 e. The summed E-state index contributed by atoms with van der Waals surface area (Å²) in [5, 5.41) is 4.27. The maximum Gasteiger partial charge on any atom is 0.344 e. The van der Waals surface area contributed by atoms with E-state index in [1.54, 1.807) is 29.9 Å². The average Bonchev–Trinajstić information content (AvgIpc) is 2.79. The van der Waals surface area contributed by atoms with Crippen LogP contribution in [0.4, 0.5) is 0 Å². The predicted molar refractivity (Wildman–Crippen MR) is 82.8 cm³/mol. The van der Waals surface area contributed by atoms with Crippen LogP contribution in [0.25, 0.3) is 5.65 Å². The molecular weight excluding hydrogens is 278 g/mol. The summed E-state index contributed by atoms with van der Waals surface area (Å²) in [4.78, 5) is 16.6. The van der Waals surface area contributed by atoms with Crippen LogP contribution in [0.2, 0.25) is 0 Å². The normalized spacial score (nSPS) is 10.9. The summed E-state index contributed by atoms with van der Waals surface area (Å²) >= 11 is 0. The molecule has 1 aromatic carbocycles. The van der Waals surface area contributed by atoms with E-state index in [9.17, 15) is 4.79 Å². The van der Waals surface area contributed by atoms with E-state index in [2.05, 4.69) is 16.1 Å². The summed E-state index contributed by atoms with van der Waals surface area (Å²) in [7, 11) is 0. The number of ether oxygens (including phenoxy) is 1. The third kappa shape index (κ3) is 2.70. The molecule has 0 amide bonds. The number of aromatic nitrogens is 3. The fourth-order valence-electron chi connectivity index (χ4n) is 2.61. The Morgan fingerprint density at radius 1 is 1.18 bits per heavy atom. The summed E-state index contributed by atoms with van der Waals surface area (Å²) in [6.07, 6.45) is 3.40. The smallest absolute Gasteiger partial charge is 0.344 e. The Balaban J connectivity index is 1.83. The topological polar surface area (TPSA) is 56.5 Å². The maximum absolute atomic E-state index is 12.4. The number of esters is 1. The Hall–Kier alpha value is -2.69. The van der Waals surface area contributed by atoms with Gasteiger partial charge in [-0.1, -0.05) is 29.3 Å². The molecule has 3 rings (SSSR count). The van der Waals surface area contributed by atoms with Crippen LogP contribution in [0, 0.1) is 20.8 Å². The molecule has 0 atom stereocenters. The Bertz CT molecular complexity index is 832. The molecule has 2 aromatic heterocycles. The highest BCUT2D eigenvalue weighted by atomic mass is 16.5. The standard InChI is InChI=1S/C17H17N3O2/c1-11-7-12(2)9-14(8-11)10-22-17(21)15-13(3)19-20-6-4-5-18-16(15)20/h4-9H,10H2,1-3H3. The van der Waals surface area contributed by atoms with E-state index in [0.717, 1.165) is 16.7 Å². The van der Waals surface area contributed by atoms with Crippen molar-refractivity contribution in [2.24, 2.45) is 0 Å². The number of carbonyl (C=O) groups is 1. The number of hydrogen-bond donors (Lipinski definition) is 0. The molecule has 2 heterocycles. The van der Waals surface area contributed by atoms with Gasteiger partial charge in [0.15, 0.2) is 5.65 Å². The fourth-order valence-corrected chi connectivity index (χ4v) is 2.61. The van der Waals surface area contributed by atoms with Gasteiger partial charge in [-0.15, -0.1) is 0 Å². The predicted octanol–water partition coefficient (Wildman–Crippen LogP) is 3.01. The summed E-state index contributed by atoms with van der Waals surface area (Å²) < 4.78 is 7.03. The number of aryl methyl sites for hydroxylation is 3. The Kier molecular flexibility index (Phi) is 3.63. The molecule has 112 valence electrons. The molecule has 0 N–H and O–H groups in total. The van der Waals surface area contributed by atoms with Crippen molar-refractivity contribution in [2.75, 3.05) is 0 Å². The average molecular weight is 295 g/mol. The van der Waals surface area contributed by atoms with Gasteiger partial charge >= 0.3 is 5.97 Å². The van der Waals surface area contributed by atoms with Gasteiger partial charge in [-0.2, -0.15) is 5.10 Å². The van der Waals surface area contributed by atoms with Crippen molar-refractivity contribution in [2.45, 2.75) is 27.4 Å². The summed E-state index contributed by atoms with van der Waals surface area (Å²) in [5.74, 6) is -0.398. The molecule has 0 radical (unpaired) electrons. The van der Waals surface area contributed by atoms with E-state index in [0.29, 0.717) is 16.9 Å². The van der Waals surface area contributed by atoms with E-state index in [1.807, 2.05) is 26.0 Å². The first-order chi connectivity index (χ1) is 10.5. The number of fused-ring (bicyclic) bond motifs is 1. The lowest BCUT2D eigenvalue weighted by Gasteiger charge is -2.06. The molecule has 0 aliphatic heterocycles. The van der Waals surface area contributed by atoms with Gasteiger partial charge in [0.1, 0.15) is 12.2 Å². The molecule has 0 aliphatic carbocycles. The van der Waals surface area contributed by atoms with Crippen LogP contribution in [0.3, 0.4) is 0 Å². The number of benzene rings is 1. The molecule has 0 unspecified atom stereocenters. The van der Waals surface area contributed by atoms with Gasteiger partial charge in [0, 0.05) is 12.4 Å². The zero-order valence-electron chi connectivity index (χ0n) is 12.8. The van der Waals surface area contributed by atoms with Crippen molar-refractivity contribution in [3.05, 3.63) is 64.6 Å². The van der Waals surface area contributed by atoms with Crippen LogP contribution in [0.1, 0.15) is 32.7 Å². The van der Waals surface area contributed by atoms with Gasteiger partial charge in [-0.25, -0.2) is 14.3 Å². The molecule has 0 bridgehead atoms. The Morgan fingerprint density at radius 3 is 2.64 bits per heavy atom. The van der Waals surface area contributed by atoms with Crippen molar-refractivity contribution >= 4 is 11.6 Å². The fraction of sp³-hybridized carbons (Fsp3) is 0.235. The van der Waals surface area contributed by atoms with Crippen LogP contribution < -0.4 is 0 Å². The first-order valence-electron chi connectivity index (χ1n) is 7.09. The van der Waals surface area contributed by atoms with Crippen LogP contribution in [0.15, 0.2) is 36.7 Å². The molecule has 5 nitrogen and oxygen atoms in total. The minimum atomic E-state index is -0.398. The molecule has 5 heteroatoms. The van der Waals surface area contributed by atoms with Crippen LogP contribution in [0.5, 0.6) is 0 Å². The lowest BCUT2D eigenvalue weighted by atomic mass is 10.1. The molecule has 0 spiro atoms. The van der Waals surface area contributed by atoms with Gasteiger partial charge in [0.25, 0.3) is 0 Å². The minimum absolute atomic E-state index is 0.241. The van der Waals surface area contributed by atoms with E-state index in [1.165, 1.54) is 0 Å². The van der Waals surface area contributed by atoms with Crippen LogP contribution >= 0.6 is 0 Å². The van der Waals surface area contributed by atoms with Gasteiger partial charge < -0.3 is 4.74 Å². The third-order valence-corrected chi connectivity index (χ3v) is 3.43. The molecule has 0 aliphatic rings. The van der Waals surface area contributed by atoms with E-state index in [4.69, 9.17) is 4.74 Å². The summed E-state index contributed by atoms with van der Waals surface area (Å²) in [5.41, 5.74) is 4.84. The van der Waals surface area contributed by atoms with Gasteiger partial charge in [-0.05, 0) is 32.4 Å². The monoisotopic (exact) mass is 295 g/mol. The van der Waals surface area contributed by atoms with Gasteiger partial charge in [0.05, 0.1) is 5.69 Å². The second-order valence-electron chi connectivity index (χ2n) is 5.42. The van der Waals surface area contributed by atoms with E-state index < -0.39 is 5.97 Å². The molecular formula is C17H17N3O2. The number of rotatable bonds is 3. The highest BCUT2D eigenvalue weighted by molar-refractivity contribution is 5.97. The number of nitrogens with zero attached hydrogens (tertiary/aromatic N) is 3. The highest BCUT2D eigenvalue weighted by Crippen LogP contribution is 2.16.